The minimum Gasteiger partial charge on any atom is -0.493 e. The lowest BCUT2D eigenvalue weighted by Gasteiger charge is -2.16. The zero-order valence-corrected chi connectivity index (χ0v) is 15.1. The summed E-state index contributed by atoms with van der Waals surface area (Å²) in [6, 6.07) is 7.53. The second kappa shape index (κ2) is 9.60. The van der Waals surface area contributed by atoms with E-state index in [0.29, 0.717) is 12.4 Å². The van der Waals surface area contributed by atoms with Gasteiger partial charge in [0, 0.05) is 24.7 Å². The summed E-state index contributed by atoms with van der Waals surface area (Å²) < 4.78 is 10.4. The SMILES string of the molecule is CCOc1ccccc1/C=C/C(=O)OCC(=O)N(C)CC(=O)NC1CC1. The van der Waals surface area contributed by atoms with Crippen molar-refractivity contribution in [1.29, 1.82) is 0 Å². The van der Waals surface area contributed by atoms with Gasteiger partial charge in [0.25, 0.3) is 5.91 Å². The number of hydrogen-bond acceptors (Lipinski definition) is 5. The van der Waals surface area contributed by atoms with Gasteiger partial charge in [-0.3, -0.25) is 9.59 Å². The highest BCUT2D eigenvalue weighted by molar-refractivity contribution is 5.90. The molecular weight excluding hydrogens is 336 g/mol. The van der Waals surface area contributed by atoms with E-state index < -0.39 is 18.5 Å². The monoisotopic (exact) mass is 360 g/mol. The van der Waals surface area contributed by atoms with E-state index in [2.05, 4.69) is 5.32 Å². The van der Waals surface area contributed by atoms with Crippen LogP contribution in [-0.4, -0.2) is 55.5 Å². The third kappa shape index (κ3) is 6.58. The van der Waals surface area contributed by atoms with E-state index in [0.717, 1.165) is 18.4 Å². The van der Waals surface area contributed by atoms with Crippen molar-refractivity contribution in [1.82, 2.24) is 10.2 Å². The molecule has 0 radical (unpaired) electrons. The molecule has 7 heteroatoms. The molecule has 1 fully saturated rings. The molecule has 0 saturated heterocycles. The maximum Gasteiger partial charge on any atom is 0.331 e. The van der Waals surface area contributed by atoms with Crippen LogP contribution in [0.2, 0.25) is 0 Å². The van der Waals surface area contributed by atoms with Gasteiger partial charge in [-0.2, -0.15) is 0 Å². The second-order valence-electron chi connectivity index (χ2n) is 6.00. The van der Waals surface area contributed by atoms with Gasteiger partial charge in [-0.05, 0) is 31.9 Å². The topological polar surface area (TPSA) is 84.9 Å². The molecule has 1 aliphatic rings. The van der Waals surface area contributed by atoms with E-state index in [-0.39, 0.29) is 18.5 Å². The average molecular weight is 360 g/mol. The van der Waals surface area contributed by atoms with Crippen molar-refractivity contribution in [2.45, 2.75) is 25.8 Å². The Labute approximate surface area is 153 Å². The number of amides is 2. The van der Waals surface area contributed by atoms with E-state index in [9.17, 15) is 14.4 Å². The quantitative estimate of drug-likeness (QED) is 0.531. The first-order valence-electron chi connectivity index (χ1n) is 8.59. The van der Waals surface area contributed by atoms with Crippen LogP contribution in [0.1, 0.15) is 25.3 Å². The highest BCUT2D eigenvalue weighted by Crippen LogP contribution is 2.19. The molecule has 0 unspecified atom stereocenters. The van der Waals surface area contributed by atoms with Crippen LogP contribution in [0.4, 0.5) is 0 Å². The Morgan fingerprint density at radius 2 is 2.00 bits per heavy atom. The van der Waals surface area contributed by atoms with Crippen LogP contribution in [0.5, 0.6) is 5.75 Å². The van der Waals surface area contributed by atoms with Gasteiger partial charge in [0.15, 0.2) is 6.61 Å². The summed E-state index contributed by atoms with van der Waals surface area (Å²) in [6.07, 6.45) is 4.79. The molecule has 0 aliphatic heterocycles. The molecule has 1 aromatic carbocycles. The second-order valence-corrected chi connectivity index (χ2v) is 6.00. The van der Waals surface area contributed by atoms with Crippen LogP contribution < -0.4 is 10.1 Å². The number of carbonyl (C=O) groups excluding carboxylic acids is 3. The zero-order chi connectivity index (χ0) is 18.9. The lowest BCUT2D eigenvalue weighted by molar-refractivity contribution is -0.148. The van der Waals surface area contributed by atoms with Crippen LogP contribution in [0.15, 0.2) is 30.3 Å². The molecule has 1 aromatic rings. The Bertz CT molecular complexity index is 682. The van der Waals surface area contributed by atoms with Crippen molar-refractivity contribution < 1.29 is 23.9 Å². The fourth-order valence-corrected chi connectivity index (χ4v) is 2.16. The molecule has 0 bridgehead atoms. The number of hydrogen-bond donors (Lipinski definition) is 1. The summed E-state index contributed by atoms with van der Waals surface area (Å²) in [6.45, 7) is 1.93. The predicted molar refractivity (Wildman–Crippen MR) is 96.4 cm³/mol. The molecule has 26 heavy (non-hydrogen) atoms. The van der Waals surface area contributed by atoms with Gasteiger partial charge >= 0.3 is 5.97 Å². The fourth-order valence-electron chi connectivity index (χ4n) is 2.16. The van der Waals surface area contributed by atoms with Crippen molar-refractivity contribution in [3.63, 3.8) is 0 Å². The zero-order valence-electron chi connectivity index (χ0n) is 15.1. The third-order valence-electron chi connectivity index (χ3n) is 3.70. The highest BCUT2D eigenvalue weighted by atomic mass is 16.5. The van der Waals surface area contributed by atoms with Gasteiger partial charge in [0.2, 0.25) is 5.91 Å². The van der Waals surface area contributed by atoms with Crippen LogP contribution in [-0.2, 0) is 19.1 Å². The van der Waals surface area contributed by atoms with Crippen molar-refractivity contribution in [2.75, 3.05) is 26.8 Å². The van der Waals surface area contributed by atoms with Gasteiger partial charge in [-0.25, -0.2) is 4.79 Å². The Morgan fingerprint density at radius 1 is 1.27 bits per heavy atom. The standard InChI is InChI=1S/C19H24N2O5/c1-3-25-16-7-5-4-6-14(16)8-11-19(24)26-13-18(23)21(2)12-17(22)20-15-9-10-15/h4-8,11,15H,3,9-10,12-13H2,1-2H3,(H,20,22)/b11-8+. The molecule has 0 atom stereocenters. The molecule has 0 spiro atoms. The van der Waals surface area contributed by atoms with Crippen molar-refractivity contribution in [3.05, 3.63) is 35.9 Å². The molecule has 1 N–H and O–H groups in total. The minimum absolute atomic E-state index is 0.0511. The fraction of sp³-hybridized carbons (Fsp3) is 0.421. The highest BCUT2D eigenvalue weighted by Gasteiger charge is 2.24. The Hall–Kier alpha value is -2.83. The smallest absolute Gasteiger partial charge is 0.331 e. The summed E-state index contributed by atoms with van der Waals surface area (Å²) in [5.74, 6) is -0.619. The van der Waals surface area contributed by atoms with Crippen molar-refractivity contribution in [2.24, 2.45) is 0 Å². The summed E-state index contributed by atoms with van der Waals surface area (Å²) in [5, 5.41) is 2.79. The van der Waals surface area contributed by atoms with E-state index >= 15 is 0 Å². The maximum absolute atomic E-state index is 11.9. The number of esters is 1. The van der Waals surface area contributed by atoms with E-state index in [4.69, 9.17) is 9.47 Å². The van der Waals surface area contributed by atoms with Gasteiger partial charge < -0.3 is 19.7 Å². The molecule has 140 valence electrons. The maximum atomic E-state index is 11.9. The summed E-state index contributed by atoms with van der Waals surface area (Å²) in [5.41, 5.74) is 0.742. The number of carbonyl (C=O) groups is 3. The Morgan fingerprint density at radius 3 is 2.69 bits per heavy atom. The van der Waals surface area contributed by atoms with E-state index in [1.165, 1.54) is 18.0 Å². The summed E-state index contributed by atoms with van der Waals surface area (Å²) in [4.78, 5) is 36.6. The average Bonchev–Trinajstić information content (AvgIpc) is 3.42. The first-order chi connectivity index (χ1) is 12.5. The molecule has 1 aliphatic carbocycles. The molecule has 2 rings (SSSR count). The van der Waals surface area contributed by atoms with Crippen LogP contribution in [0.3, 0.4) is 0 Å². The van der Waals surface area contributed by atoms with Gasteiger partial charge in [0.05, 0.1) is 13.2 Å². The number of ether oxygens (including phenoxy) is 2. The third-order valence-corrected chi connectivity index (χ3v) is 3.70. The number of likely N-dealkylation sites (N-methyl/N-ethyl adjacent to an activating group) is 1. The van der Waals surface area contributed by atoms with Crippen molar-refractivity contribution in [3.8, 4) is 5.75 Å². The minimum atomic E-state index is -0.638. The Balaban J connectivity index is 1.76. The molecule has 2 amide bonds. The number of nitrogens with zero attached hydrogens (tertiary/aromatic N) is 1. The first kappa shape index (κ1) is 19.5. The molecule has 0 aromatic heterocycles. The van der Waals surface area contributed by atoms with Crippen LogP contribution in [0, 0.1) is 0 Å². The van der Waals surface area contributed by atoms with Gasteiger partial charge in [0.1, 0.15) is 5.75 Å². The van der Waals surface area contributed by atoms with Gasteiger partial charge in [-0.1, -0.05) is 18.2 Å². The number of nitrogens with one attached hydrogen (secondary N) is 1. The van der Waals surface area contributed by atoms with E-state index in [1.807, 2.05) is 25.1 Å². The Kier molecular flexibility index (Phi) is 7.20. The lowest BCUT2D eigenvalue weighted by atomic mass is 10.2. The molecule has 0 heterocycles. The predicted octanol–water partition coefficient (Wildman–Crippen LogP) is 1.38. The molecule has 1 saturated carbocycles. The largest absolute Gasteiger partial charge is 0.493 e. The normalized spacial score (nSPS) is 13.3. The van der Waals surface area contributed by atoms with Crippen LogP contribution in [0.25, 0.3) is 6.08 Å². The lowest BCUT2D eigenvalue weighted by Crippen LogP contribution is -2.40. The number of para-hydroxylation sites is 1. The van der Waals surface area contributed by atoms with Gasteiger partial charge in [-0.15, -0.1) is 0 Å². The molecule has 7 nitrogen and oxygen atoms in total. The van der Waals surface area contributed by atoms with Crippen LogP contribution >= 0.6 is 0 Å². The molecular formula is C19H24N2O5. The van der Waals surface area contributed by atoms with Crippen molar-refractivity contribution >= 4 is 23.9 Å². The number of rotatable bonds is 9. The summed E-state index contributed by atoms with van der Waals surface area (Å²) >= 11 is 0. The number of benzene rings is 1. The summed E-state index contributed by atoms with van der Waals surface area (Å²) in [7, 11) is 1.50. The first-order valence-corrected chi connectivity index (χ1v) is 8.59. The van der Waals surface area contributed by atoms with E-state index in [1.54, 1.807) is 12.1 Å².